The topological polar surface area (TPSA) is 29.1 Å². The Labute approximate surface area is 95.4 Å². The molecule has 1 aliphatic rings. The third kappa shape index (κ3) is 2.22. The lowest BCUT2D eigenvalue weighted by Gasteiger charge is -2.08. The Kier molecular flexibility index (Phi) is 2.53. The van der Waals surface area contributed by atoms with Gasteiger partial charge in [-0.05, 0) is 17.7 Å². The first kappa shape index (κ1) is 11.4. The number of hydrogen-bond donors (Lipinski definition) is 1. The predicted octanol–water partition coefficient (Wildman–Crippen LogP) is 2.73. The number of halogens is 3. The third-order valence-corrected chi connectivity index (χ3v) is 2.40. The average molecular weight is 239 g/mol. The van der Waals surface area contributed by atoms with Crippen molar-refractivity contribution in [2.75, 3.05) is 0 Å². The zero-order chi connectivity index (χ0) is 12.6. The van der Waals surface area contributed by atoms with Crippen LogP contribution in [0.2, 0.25) is 0 Å². The average Bonchev–Trinajstić information content (AvgIpc) is 2.57. The molecule has 88 valence electrons. The predicted molar refractivity (Wildman–Crippen MR) is 56.7 cm³/mol. The van der Waals surface area contributed by atoms with Gasteiger partial charge in [0.15, 0.2) is 0 Å². The van der Waals surface area contributed by atoms with Gasteiger partial charge in [-0.1, -0.05) is 18.7 Å². The lowest BCUT2D eigenvalue weighted by Crippen LogP contribution is -2.12. The van der Waals surface area contributed by atoms with E-state index in [-0.39, 0.29) is 5.91 Å². The second-order valence-corrected chi connectivity index (χ2v) is 3.60. The summed E-state index contributed by atoms with van der Waals surface area (Å²) < 4.78 is 37.0. The van der Waals surface area contributed by atoms with Crippen molar-refractivity contribution < 1.29 is 18.0 Å². The molecule has 0 spiro atoms. The Morgan fingerprint density at radius 1 is 1.12 bits per heavy atom. The van der Waals surface area contributed by atoms with Crippen LogP contribution in [0, 0.1) is 0 Å². The van der Waals surface area contributed by atoms with Gasteiger partial charge in [0, 0.05) is 17.3 Å². The molecule has 0 saturated carbocycles. The summed E-state index contributed by atoms with van der Waals surface area (Å²) in [5.41, 5.74) is 0.726. The van der Waals surface area contributed by atoms with Gasteiger partial charge in [0.1, 0.15) is 0 Å². The van der Waals surface area contributed by atoms with Crippen molar-refractivity contribution in [1.29, 1.82) is 0 Å². The van der Waals surface area contributed by atoms with E-state index in [1.165, 1.54) is 18.2 Å². The first-order valence-corrected chi connectivity index (χ1v) is 4.77. The number of hydrogen-bond acceptors (Lipinski definition) is 1. The number of nitrogens with one attached hydrogen (secondary N) is 1. The molecule has 1 heterocycles. The van der Waals surface area contributed by atoms with Crippen molar-refractivity contribution in [3.05, 3.63) is 53.7 Å². The first-order valence-electron chi connectivity index (χ1n) is 4.77. The quantitative estimate of drug-likeness (QED) is 0.802. The highest BCUT2D eigenvalue weighted by Gasteiger charge is 2.30. The molecule has 0 aromatic heterocycles. The first-order chi connectivity index (χ1) is 7.88. The molecule has 0 atom stereocenters. The number of carbonyl (C=O) groups is 1. The SMILES string of the molecule is C=C1NC(=O)C=C1c1ccc(C(F)(F)F)cc1. The molecule has 0 fully saturated rings. The zero-order valence-corrected chi connectivity index (χ0v) is 8.64. The van der Waals surface area contributed by atoms with Crippen molar-refractivity contribution in [3.8, 4) is 0 Å². The monoisotopic (exact) mass is 239 g/mol. The molecule has 17 heavy (non-hydrogen) atoms. The van der Waals surface area contributed by atoms with Gasteiger partial charge in [-0.25, -0.2) is 0 Å². The number of benzene rings is 1. The van der Waals surface area contributed by atoms with E-state index < -0.39 is 11.7 Å². The molecular weight excluding hydrogens is 231 g/mol. The molecule has 0 bridgehead atoms. The summed E-state index contributed by atoms with van der Waals surface area (Å²) in [5.74, 6) is -0.315. The van der Waals surface area contributed by atoms with Crippen LogP contribution in [-0.4, -0.2) is 5.91 Å². The van der Waals surface area contributed by atoms with Crippen molar-refractivity contribution in [2.24, 2.45) is 0 Å². The smallest absolute Gasteiger partial charge is 0.322 e. The molecule has 1 aromatic carbocycles. The Morgan fingerprint density at radius 2 is 1.71 bits per heavy atom. The second kappa shape index (κ2) is 3.76. The highest BCUT2D eigenvalue weighted by atomic mass is 19.4. The molecular formula is C12H8F3NO. The van der Waals surface area contributed by atoms with E-state index in [9.17, 15) is 18.0 Å². The number of allylic oxidation sites excluding steroid dienone is 1. The molecule has 1 aromatic rings. The summed E-state index contributed by atoms with van der Waals surface area (Å²) in [5, 5.41) is 2.46. The number of amides is 1. The van der Waals surface area contributed by atoms with Gasteiger partial charge in [0.05, 0.1) is 5.56 Å². The molecule has 0 saturated heterocycles. The molecule has 0 unspecified atom stereocenters. The van der Waals surface area contributed by atoms with E-state index in [0.29, 0.717) is 16.8 Å². The van der Waals surface area contributed by atoms with Crippen molar-refractivity contribution in [2.45, 2.75) is 6.18 Å². The fourth-order valence-electron chi connectivity index (χ4n) is 1.57. The molecule has 5 heteroatoms. The minimum absolute atomic E-state index is 0.315. The second-order valence-electron chi connectivity index (χ2n) is 3.60. The molecule has 1 N–H and O–H groups in total. The van der Waals surface area contributed by atoms with E-state index in [0.717, 1.165) is 12.1 Å². The Hall–Kier alpha value is -2.04. The molecule has 1 amide bonds. The number of rotatable bonds is 1. The maximum absolute atomic E-state index is 12.3. The van der Waals surface area contributed by atoms with Crippen LogP contribution >= 0.6 is 0 Å². The van der Waals surface area contributed by atoms with Crippen LogP contribution in [0.5, 0.6) is 0 Å². The fraction of sp³-hybridized carbons (Fsp3) is 0.0833. The van der Waals surface area contributed by atoms with E-state index in [1.807, 2.05) is 0 Å². The summed E-state index contributed by atoms with van der Waals surface area (Å²) in [6.45, 7) is 3.61. The van der Waals surface area contributed by atoms with E-state index in [2.05, 4.69) is 11.9 Å². The molecule has 1 aliphatic heterocycles. The summed E-state index contributed by atoms with van der Waals surface area (Å²) in [6, 6.07) is 4.60. The largest absolute Gasteiger partial charge is 0.416 e. The maximum Gasteiger partial charge on any atom is 0.416 e. The van der Waals surface area contributed by atoms with Crippen LogP contribution in [0.4, 0.5) is 13.2 Å². The van der Waals surface area contributed by atoms with E-state index in [1.54, 1.807) is 0 Å². The standard InChI is InChI=1S/C12H8F3NO/c1-7-10(6-11(17)16-7)8-2-4-9(5-3-8)12(13,14)15/h2-6H,1H2,(H,16,17). The van der Waals surface area contributed by atoms with Crippen LogP contribution < -0.4 is 5.32 Å². The van der Waals surface area contributed by atoms with Crippen LogP contribution in [-0.2, 0) is 11.0 Å². The van der Waals surface area contributed by atoms with Gasteiger partial charge in [-0.15, -0.1) is 0 Å². The van der Waals surface area contributed by atoms with Gasteiger partial charge in [0.25, 0.3) is 0 Å². The summed E-state index contributed by atoms with van der Waals surface area (Å²) in [4.78, 5) is 11.0. The van der Waals surface area contributed by atoms with Crippen molar-refractivity contribution in [1.82, 2.24) is 5.32 Å². The van der Waals surface area contributed by atoms with Crippen LogP contribution in [0.1, 0.15) is 11.1 Å². The zero-order valence-electron chi connectivity index (χ0n) is 8.64. The Balaban J connectivity index is 2.34. The third-order valence-electron chi connectivity index (χ3n) is 2.40. The maximum atomic E-state index is 12.3. The highest BCUT2D eigenvalue weighted by Crippen LogP contribution is 2.31. The van der Waals surface area contributed by atoms with Gasteiger partial charge in [-0.3, -0.25) is 4.79 Å². The Bertz CT molecular complexity index is 512. The van der Waals surface area contributed by atoms with Gasteiger partial charge in [0.2, 0.25) is 5.91 Å². The summed E-state index contributed by atoms with van der Waals surface area (Å²) in [6.07, 6.45) is -3.04. The number of carbonyl (C=O) groups excluding carboxylic acids is 1. The summed E-state index contributed by atoms with van der Waals surface area (Å²) >= 11 is 0. The highest BCUT2D eigenvalue weighted by molar-refractivity contribution is 6.06. The van der Waals surface area contributed by atoms with Crippen molar-refractivity contribution in [3.63, 3.8) is 0 Å². The van der Waals surface area contributed by atoms with Crippen LogP contribution in [0.15, 0.2) is 42.6 Å². The molecule has 0 radical (unpaired) electrons. The summed E-state index contributed by atoms with van der Waals surface area (Å²) in [7, 11) is 0. The molecule has 0 aliphatic carbocycles. The van der Waals surface area contributed by atoms with E-state index in [4.69, 9.17) is 0 Å². The Morgan fingerprint density at radius 3 is 2.12 bits per heavy atom. The van der Waals surface area contributed by atoms with Gasteiger partial charge >= 0.3 is 6.18 Å². The number of alkyl halides is 3. The van der Waals surface area contributed by atoms with Crippen molar-refractivity contribution >= 4 is 11.5 Å². The lowest BCUT2D eigenvalue weighted by atomic mass is 10.0. The van der Waals surface area contributed by atoms with Crippen LogP contribution in [0.3, 0.4) is 0 Å². The van der Waals surface area contributed by atoms with Gasteiger partial charge < -0.3 is 5.32 Å². The molecule has 2 nitrogen and oxygen atoms in total. The van der Waals surface area contributed by atoms with E-state index >= 15 is 0 Å². The fourth-order valence-corrected chi connectivity index (χ4v) is 1.57. The van der Waals surface area contributed by atoms with Crippen LogP contribution in [0.25, 0.3) is 5.57 Å². The molecule has 2 rings (SSSR count). The normalized spacial score (nSPS) is 15.8. The van der Waals surface area contributed by atoms with Gasteiger partial charge in [-0.2, -0.15) is 13.2 Å². The minimum atomic E-state index is -4.35. The lowest BCUT2D eigenvalue weighted by molar-refractivity contribution is -0.137. The minimum Gasteiger partial charge on any atom is -0.322 e.